The molecule has 1 amide bonds. The summed E-state index contributed by atoms with van der Waals surface area (Å²) in [6.07, 6.45) is 0. The number of hydrogen-bond donors (Lipinski definition) is 1. The molecule has 122 valence electrons. The predicted molar refractivity (Wildman–Crippen MR) is 92.8 cm³/mol. The highest BCUT2D eigenvalue weighted by atomic mass is 16.5. The fourth-order valence-corrected chi connectivity index (χ4v) is 2.04. The van der Waals surface area contributed by atoms with Crippen molar-refractivity contribution < 1.29 is 9.53 Å². The van der Waals surface area contributed by atoms with Crippen molar-refractivity contribution in [3.05, 3.63) is 65.2 Å². The molecule has 4 nitrogen and oxygen atoms in total. The monoisotopic (exact) mass is 312 g/mol. The lowest BCUT2D eigenvalue weighted by Gasteiger charge is -2.11. The lowest BCUT2D eigenvalue weighted by molar-refractivity contribution is 0.0951. The van der Waals surface area contributed by atoms with Gasteiger partial charge in [0, 0.05) is 18.7 Å². The molecule has 0 aliphatic rings. The van der Waals surface area contributed by atoms with E-state index in [9.17, 15) is 4.79 Å². The predicted octanol–water partition coefficient (Wildman–Crippen LogP) is 2.87. The summed E-state index contributed by atoms with van der Waals surface area (Å²) in [4.78, 5) is 14.1. The molecule has 0 heterocycles. The lowest BCUT2D eigenvalue weighted by atomic mass is 10.1. The first kappa shape index (κ1) is 17.0. The van der Waals surface area contributed by atoms with Gasteiger partial charge >= 0.3 is 0 Å². The van der Waals surface area contributed by atoms with Gasteiger partial charge in [0.25, 0.3) is 5.91 Å². The van der Waals surface area contributed by atoms with Gasteiger partial charge in [0.15, 0.2) is 0 Å². The van der Waals surface area contributed by atoms with Crippen LogP contribution in [0.15, 0.2) is 48.5 Å². The van der Waals surface area contributed by atoms with E-state index in [0.717, 1.165) is 23.4 Å². The van der Waals surface area contributed by atoms with E-state index in [0.29, 0.717) is 18.7 Å². The Hall–Kier alpha value is -2.33. The molecule has 0 aliphatic carbocycles. The van der Waals surface area contributed by atoms with Crippen LogP contribution in [-0.2, 0) is 6.54 Å². The number of ether oxygens (including phenoxy) is 1. The molecule has 0 bridgehead atoms. The summed E-state index contributed by atoms with van der Waals surface area (Å²) in [6, 6.07) is 15.4. The Morgan fingerprint density at radius 2 is 1.70 bits per heavy atom. The number of nitrogens with one attached hydrogen (secondary N) is 1. The Kier molecular flexibility index (Phi) is 6.18. The Morgan fingerprint density at radius 1 is 1.04 bits per heavy atom. The van der Waals surface area contributed by atoms with Gasteiger partial charge in [-0.25, -0.2) is 0 Å². The van der Waals surface area contributed by atoms with Crippen molar-refractivity contribution >= 4 is 5.91 Å². The van der Waals surface area contributed by atoms with Crippen molar-refractivity contribution in [2.24, 2.45) is 0 Å². The van der Waals surface area contributed by atoms with Gasteiger partial charge in [-0.15, -0.1) is 0 Å². The summed E-state index contributed by atoms with van der Waals surface area (Å²) in [6.45, 7) is 4.05. The standard InChI is InChI=1S/C19H24N2O2/c1-15-4-8-17(9-5-15)19(22)20-14-16-6-10-18(11-7-16)23-13-12-21(2)3/h4-11H,12-14H2,1-3H3,(H,20,22). The van der Waals surface area contributed by atoms with Gasteiger partial charge in [-0.05, 0) is 50.8 Å². The highest BCUT2D eigenvalue weighted by molar-refractivity contribution is 5.94. The van der Waals surface area contributed by atoms with E-state index in [1.54, 1.807) is 0 Å². The van der Waals surface area contributed by atoms with Crippen molar-refractivity contribution in [3.63, 3.8) is 0 Å². The van der Waals surface area contributed by atoms with E-state index in [2.05, 4.69) is 10.2 Å². The molecule has 0 aliphatic heterocycles. The van der Waals surface area contributed by atoms with Crippen LogP contribution in [0.1, 0.15) is 21.5 Å². The highest BCUT2D eigenvalue weighted by Gasteiger charge is 2.04. The molecule has 0 aromatic heterocycles. The van der Waals surface area contributed by atoms with Crippen molar-refractivity contribution in [2.75, 3.05) is 27.2 Å². The number of aryl methyl sites for hydroxylation is 1. The van der Waals surface area contributed by atoms with Crippen LogP contribution in [0, 0.1) is 6.92 Å². The largest absolute Gasteiger partial charge is 0.492 e. The minimum atomic E-state index is -0.0590. The van der Waals surface area contributed by atoms with Crippen LogP contribution in [-0.4, -0.2) is 38.1 Å². The Balaban J connectivity index is 1.81. The molecule has 0 unspecified atom stereocenters. The lowest BCUT2D eigenvalue weighted by Crippen LogP contribution is -2.22. The molecule has 0 fully saturated rings. The zero-order valence-electron chi connectivity index (χ0n) is 14.0. The van der Waals surface area contributed by atoms with Crippen molar-refractivity contribution in [2.45, 2.75) is 13.5 Å². The molecule has 2 aromatic rings. The van der Waals surface area contributed by atoms with Crippen LogP contribution in [0.2, 0.25) is 0 Å². The van der Waals surface area contributed by atoms with Crippen LogP contribution >= 0.6 is 0 Å². The van der Waals surface area contributed by atoms with Gasteiger partial charge in [0.2, 0.25) is 0 Å². The van der Waals surface area contributed by atoms with Crippen molar-refractivity contribution in [3.8, 4) is 5.75 Å². The van der Waals surface area contributed by atoms with Gasteiger partial charge in [0.1, 0.15) is 12.4 Å². The highest BCUT2D eigenvalue weighted by Crippen LogP contribution is 2.12. The number of carbonyl (C=O) groups is 1. The van der Waals surface area contributed by atoms with Crippen molar-refractivity contribution in [1.82, 2.24) is 10.2 Å². The fraction of sp³-hybridized carbons (Fsp3) is 0.316. The third kappa shape index (κ3) is 5.75. The third-order valence-electron chi connectivity index (χ3n) is 3.50. The smallest absolute Gasteiger partial charge is 0.251 e. The molecule has 2 rings (SSSR count). The SMILES string of the molecule is Cc1ccc(C(=O)NCc2ccc(OCCN(C)C)cc2)cc1. The van der Waals surface area contributed by atoms with Gasteiger partial charge < -0.3 is 15.0 Å². The maximum absolute atomic E-state index is 12.1. The molecular weight excluding hydrogens is 288 g/mol. The summed E-state index contributed by atoms with van der Waals surface area (Å²) in [7, 11) is 4.03. The molecule has 4 heteroatoms. The summed E-state index contributed by atoms with van der Waals surface area (Å²) in [5.74, 6) is 0.789. The van der Waals surface area contributed by atoms with Gasteiger partial charge in [-0.1, -0.05) is 29.8 Å². The van der Waals surface area contributed by atoms with E-state index >= 15 is 0 Å². The maximum atomic E-state index is 12.1. The second kappa shape index (κ2) is 8.34. The first-order valence-electron chi connectivity index (χ1n) is 7.76. The fourth-order valence-electron chi connectivity index (χ4n) is 2.04. The summed E-state index contributed by atoms with van der Waals surface area (Å²) < 4.78 is 5.65. The number of likely N-dealkylation sites (N-methyl/N-ethyl adjacent to an activating group) is 1. The Morgan fingerprint density at radius 3 is 2.30 bits per heavy atom. The van der Waals surface area contributed by atoms with Crippen LogP contribution in [0.5, 0.6) is 5.75 Å². The normalized spacial score (nSPS) is 10.6. The van der Waals surface area contributed by atoms with E-state index < -0.39 is 0 Å². The summed E-state index contributed by atoms with van der Waals surface area (Å²) in [5, 5.41) is 2.93. The van der Waals surface area contributed by atoms with E-state index in [4.69, 9.17) is 4.74 Å². The second-order valence-electron chi connectivity index (χ2n) is 5.84. The van der Waals surface area contributed by atoms with Gasteiger partial charge in [0.05, 0.1) is 0 Å². The maximum Gasteiger partial charge on any atom is 0.251 e. The average Bonchev–Trinajstić information content (AvgIpc) is 2.54. The Bertz CT molecular complexity index is 619. The van der Waals surface area contributed by atoms with E-state index in [1.165, 1.54) is 0 Å². The van der Waals surface area contributed by atoms with E-state index in [-0.39, 0.29) is 5.91 Å². The number of hydrogen-bond acceptors (Lipinski definition) is 3. The first-order chi connectivity index (χ1) is 11.0. The number of carbonyl (C=O) groups excluding carboxylic acids is 1. The molecular formula is C19H24N2O2. The van der Waals surface area contributed by atoms with Crippen LogP contribution in [0.4, 0.5) is 0 Å². The van der Waals surface area contributed by atoms with Crippen LogP contribution in [0.3, 0.4) is 0 Å². The number of rotatable bonds is 7. The molecule has 0 radical (unpaired) electrons. The average molecular weight is 312 g/mol. The van der Waals surface area contributed by atoms with Crippen LogP contribution < -0.4 is 10.1 Å². The van der Waals surface area contributed by atoms with Gasteiger partial charge in [-0.2, -0.15) is 0 Å². The molecule has 0 saturated heterocycles. The number of benzene rings is 2. The molecule has 23 heavy (non-hydrogen) atoms. The molecule has 0 spiro atoms. The number of amides is 1. The zero-order chi connectivity index (χ0) is 16.7. The Labute approximate surface area is 138 Å². The molecule has 0 saturated carbocycles. The quantitative estimate of drug-likeness (QED) is 0.855. The topological polar surface area (TPSA) is 41.6 Å². The summed E-state index contributed by atoms with van der Waals surface area (Å²) >= 11 is 0. The van der Waals surface area contributed by atoms with Crippen LogP contribution in [0.25, 0.3) is 0 Å². The third-order valence-corrected chi connectivity index (χ3v) is 3.50. The zero-order valence-corrected chi connectivity index (χ0v) is 14.0. The molecule has 1 N–H and O–H groups in total. The molecule has 2 aromatic carbocycles. The van der Waals surface area contributed by atoms with Gasteiger partial charge in [-0.3, -0.25) is 4.79 Å². The van der Waals surface area contributed by atoms with E-state index in [1.807, 2.05) is 69.6 Å². The molecule has 0 atom stereocenters. The summed E-state index contributed by atoms with van der Waals surface area (Å²) in [5.41, 5.74) is 2.87. The number of nitrogens with zero attached hydrogens (tertiary/aromatic N) is 1. The second-order valence-corrected chi connectivity index (χ2v) is 5.84. The first-order valence-corrected chi connectivity index (χ1v) is 7.76. The minimum Gasteiger partial charge on any atom is -0.492 e. The minimum absolute atomic E-state index is 0.0590. The van der Waals surface area contributed by atoms with Crippen molar-refractivity contribution in [1.29, 1.82) is 0 Å².